The number of allylic oxidation sites excluding steroid dienone is 1. The molecule has 1 heterocycles. The molecule has 1 aromatic rings. The molecule has 3 heteroatoms. The highest BCUT2D eigenvalue weighted by molar-refractivity contribution is 5.86. The normalized spacial score (nSPS) is 14.3. The first-order chi connectivity index (χ1) is 13.4. The second kappa shape index (κ2) is 14.5. The van der Waals surface area contributed by atoms with Gasteiger partial charge in [-0.25, -0.2) is 4.79 Å². The molecule has 0 fully saturated rings. The molecule has 0 saturated carbocycles. The maximum absolute atomic E-state index is 11.7. The summed E-state index contributed by atoms with van der Waals surface area (Å²) in [5, 5.41) is 0. The molecule has 28 heavy (non-hydrogen) atoms. The summed E-state index contributed by atoms with van der Waals surface area (Å²) in [6, 6.07) is 3.30. The van der Waals surface area contributed by atoms with Crippen molar-refractivity contribution in [2.75, 3.05) is 6.61 Å². The van der Waals surface area contributed by atoms with Crippen molar-refractivity contribution in [2.24, 2.45) is 17.8 Å². The third-order valence-corrected chi connectivity index (χ3v) is 5.51. The molecule has 0 amide bonds. The van der Waals surface area contributed by atoms with E-state index in [9.17, 15) is 4.79 Å². The van der Waals surface area contributed by atoms with Crippen LogP contribution in [-0.2, 0) is 4.74 Å². The smallest absolute Gasteiger partial charge is 0.374 e. The Bertz CT molecular complexity index is 542. The molecule has 1 aromatic heterocycles. The molecule has 160 valence electrons. The Morgan fingerprint density at radius 1 is 1.00 bits per heavy atom. The number of hydrogen-bond donors (Lipinski definition) is 0. The van der Waals surface area contributed by atoms with Gasteiger partial charge in [-0.2, -0.15) is 0 Å². The van der Waals surface area contributed by atoms with Crippen LogP contribution in [0.1, 0.15) is 103 Å². The van der Waals surface area contributed by atoms with Crippen LogP contribution >= 0.6 is 0 Å². The summed E-state index contributed by atoms with van der Waals surface area (Å²) in [5.74, 6) is 2.37. The lowest BCUT2D eigenvalue weighted by Gasteiger charge is -2.15. The van der Waals surface area contributed by atoms with Crippen LogP contribution in [-0.4, -0.2) is 12.6 Å². The van der Waals surface area contributed by atoms with Gasteiger partial charge in [0.25, 0.3) is 0 Å². The number of hydrogen-bond acceptors (Lipinski definition) is 3. The molecule has 0 aromatic carbocycles. The largest absolute Gasteiger partial charge is 0.457 e. The van der Waals surface area contributed by atoms with E-state index in [0.717, 1.165) is 24.2 Å². The van der Waals surface area contributed by atoms with Crippen molar-refractivity contribution < 1.29 is 13.9 Å². The van der Waals surface area contributed by atoms with Gasteiger partial charge in [-0.05, 0) is 55.7 Å². The standard InChI is InChI=1S/C25H42O3/c1-20(2)10-6-11-21(3)12-7-13-22(4)14-8-15-23(5)17-19-28-25(26)24-16-9-18-27-24/h9,16-18,20-22H,6-8,10-15,19H2,1-5H3/b23-17+/t21-,22-/m1/s1. The van der Waals surface area contributed by atoms with Crippen LogP contribution in [0.3, 0.4) is 0 Å². The molecule has 0 unspecified atom stereocenters. The SMILES string of the molecule is C/C(=C\COC(=O)c1ccco1)CCC[C@H](C)CCC[C@H](C)CCCC(C)C. The number of esters is 1. The lowest BCUT2D eigenvalue weighted by atomic mass is 9.91. The average molecular weight is 391 g/mol. The molecule has 0 aliphatic carbocycles. The zero-order valence-electron chi connectivity index (χ0n) is 18.8. The fourth-order valence-electron chi connectivity index (χ4n) is 3.53. The molecular formula is C25H42O3. The first-order valence-electron chi connectivity index (χ1n) is 11.2. The molecule has 0 N–H and O–H groups in total. The van der Waals surface area contributed by atoms with Crippen LogP contribution in [0.5, 0.6) is 0 Å². The van der Waals surface area contributed by atoms with E-state index in [-0.39, 0.29) is 5.76 Å². The van der Waals surface area contributed by atoms with E-state index in [4.69, 9.17) is 9.15 Å². The Labute approximate surface area is 172 Å². The fraction of sp³-hybridized carbons (Fsp3) is 0.720. The first-order valence-corrected chi connectivity index (χ1v) is 11.2. The van der Waals surface area contributed by atoms with Crippen LogP contribution in [0.15, 0.2) is 34.5 Å². The minimum atomic E-state index is -0.402. The highest BCUT2D eigenvalue weighted by atomic mass is 16.5. The van der Waals surface area contributed by atoms with Crippen molar-refractivity contribution in [2.45, 2.75) is 92.4 Å². The molecule has 1 rings (SSSR count). The quantitative estimate of drug-likeness (QED) is 0.226. The van der Waals surface area contributed by atoms with E-state index in [1.165, 1.54) is 63.2 Å². The van der Waals surface area contributed by atoms with Gasteiger partial charge in [0.05, 0.1) is 6.26 Å². The Balaban J connectivity index is 2.05. The van der Waals surface area contributed by atoms with Gasteiger partial charge in [0, 0.05) is 0 Å². The van der Waals surface area contributed by atoms with Crippen molar-refractivity contribution in [3.63, 3.8) is 0 Å². The lowest BCUT2D eigenvalue weighted by Crippen LogP contribution is -2.04. The zero-order valence-corrected chi connectivity index (χ0v) is 18.8. The Kier molecular flexibility index (Phi) is 12.7. The molecule has 3 nitrogen and oxygen atoms in total. The van der Waals surface area contributed by atoms with E-state index in [1.54, 1.807) is 12.1 Å². The number of carbonyl (C=O) groups is 1. The van der Waals surface area contributed by atoms with Crippen LogP contribution in [0, 0.1) is 17.8 Å². The van der Waals surface area contributed by atoms with E-state index in [2.05, 4.69) is 34.6 Å². The van der Waals surface area contributed by atoms with Crippen molar-refractivity contribution in [3.05, 3.63) is 35.8 Å². The molecule has 0 spiro atoms. The van der Waals surface area contributed by atoms with Gasteiger partial charge < -0.3 is 9.15 Å². The highest BCUT2D eigenvalue weighted by Gasteiger charge is 2.09. The van der Waals surface area contributed by atoms with Crippen molar-refractivity contribution in [1.82, 2.24) is 0 Å². The van der Waals surface area contributed by atoms with Gasteiger partial charge in [-0.1, -0.05) is 78.2 Å². The van der Waals surface area contributed by atoms with E-state index in [0.29, 0.717) is 6.61 Å². The first kappa shape index (κ1) is 24.5. The number of carbonyl (C=O) groups excluding carboxylic acids is 1. The predicted molar refractivity (Wildman–Crippen MR) is 117 cm³/mol. The number of ether oxygens (including phenoxy) is 1. The van der Waals surface area contributed by atoms with Crippen molar-refractivity contribution in [1.29, 1.82) is 0 Å². The van der Waals surface area contributed by atoms with Crippen LogP contribution in [0.2, 0.25) is 0 Å². The Hall–Kier alpha value is -1.51. The van der Waals surface area contributed by atoms with Crippen LogP contribution < -0.4 is 0 Å². The topological polar surface area (TPSA) is 39.4 Å². The maximum atomic E-state index is 11.7. The molecule has 0 radical (unpaired) electrons. The summed E-state index contributed by atoms with van der Waals surface area (Å²) < 4.78 is 10.2. The number of furan rings is 1. The van der Waals surface area contributed by atoms with Crippen molar-refractivity contribution >= 4 is 5.97 Å². The Morgan fingerprint density at radius 3 is 2.18 bits per heavy atom. The molecule has 0 bridgehead atoms. The molecule has 2 atom stereocenters. The fourth-order valence-corrected chi connectivity index (χ4v) is 3.53. The second-order valence-corrected chi connectivity index (χ2v) is 8.98. The molecular weight excluding hydrogens is 348 g/mol. The van der Waals surface area contributed by atoms with E-state index < -0.39 is 5.97 Å². The Morgan fingerprint density at radius 2 is 1.61 bits per heavy atom. The van der Waals surface area contributed by atoms with Gasteiger partial charge in [0.15, 0.2) is 0 Å². The lowest BCUT2D eigenvalue weighted by molar-refractivity contribution is 0.0512. The van der Waals surface area contributed by atoms with E-state index in [1.807, 2.05) is 6.08 Å². The van der Waals surface area contributed by atoms with Gasteiger partial charge in [-0.15, -0.1) is 0 Å². The highest BCUT2D eigenvalue weighted by Crippen LogP contribution is 2.22. The minimum Gasteiger partial charge on any atom is -0.457 e. The van der Waals surface area contributed by atoms with Gasteiger partial charge >= 0.3 is 5.97 Å². The van der Waals surface area contributed by atoms with Crippen LogP contribution in [0.25, 0.3) is 0 Å². The molecule has 0 aliphatic rings. The van der Waals surface area contributed by atoms with Gasteiger partial charge in [0.2, 0.25) is 5.76 Å². The predicted octanol–water partition coefficient (Wildman–Crippen LogP) is 7.82. The summed E-state index contributed by atoms with van der Waals surface area (Å²) in [7, 11) is 0. The summed E-state index contributed by atoms with van der Waals surface area (Å²) in [6.45, 7) is 11.9. The third kappa shape index (κ3) is 12.0. The average Bonchev–Trinajstić information content (AvgIpc) is 3.16. The monoisotopic (exact) mass is 390 g/mol. The molecule has 0 saturated heterocycles. The van der Waals surface area contributed by atoms with Crippen molar-refractivity contribution in [3.8, 4) is 0 Å². The minimum absolute atomic E-state index is 0.258. The van der Waals surface area contributed by atoms with Gasteiger partial charge in [-0.3, -0.25) is 0 Å². The third-order valence-electron chi connectivity index (χ3n) is 5.51. The maximum Gasteiger partial charge on any atom is 0.374 e. The summed E-state index contributed by atoms with van der Waals surface area (Å²) in [6.07, 6.45) is 15.3. The second-order valence-electron chi connectivity index (χ2n) is 8.98. The number of rotatable bonds is 15. The summed E-state index contributed by atoms with van der Waals surface area (Å²) in [4.78, 5) is 11.7. The summed E-state index contributed by atoms with van der Waals surface area (Å²) >= 11 is 0. The van der Waals surface area contributed by atoms with Gasteiger partial charge in [0.1, 0.15) is 6.61 Å². The van der Waals surface area contributed by atoms with E-state index >= 15 is 0 Å². The zero-order chi connectivity index (χ0) is 20.8. The molecule has 0 aliphatic heterocycles. The van der Waals surface area contributed by atoms with Crippen LogP contribution in [0.4, 0.5) is 0 Å². The summed E-state index contributed by atoms with van der Waals surface area (Å²) in [5.41, 5.74) is 1.29.